The van der Waals surface area contributed by atoms with Gasteiger partial charge in [-0.2, -0.15) is 0 Å². The molecule has 2 bridgehead atoms. The number of likely N-dealkylation sites (tertiary alicyclic amines) is 1. The predicted octanol–water partition coefficient (Wildman–Crippen LogP) is 2.84. The van der Waals surface area contributed by atoms with Crippen molar-refractivity contribution >= 4 is 5.91 Å². The Bertz CT molecular complexity index is 945. The Labute approximate surface area is 169 Å². The van der Waals surface area contributed by atoms with Crippen molar-refractivity contribution in [3.8, 4) is 0 Å². The first-order valence-electron chi connectivity index (χ1n) is 10.3. The summed E-state index contributed by atoms with van der Waals surface area (Å²) in [6.45, 7) is 6.80. The van der Waals surface area contributed by atoms with Crippen molar-refractivity contribution in [3.05, 3.63) is 52.7 Å². The molecule has 4 atom stereocenters. The fourth-order valence-electron chi connectivity index (χ4n) is 5.52. The van der Waals surface area contributed by atoms with Crippen LogP contribution in [-0.4, -0.2) is 47.3 Å². The number of hydrogen-bond donors (Lipinski definition) is 1. The molecular weight excluding hydrogens is 373 g/mol. The average molecular weight is 399 g/mol. The van der Waals surface area contributed by atoms with Gasteiger partial charge in [0.2, 0.25) is 0 Å². The second-order valence-corrected chi connectivity index (χ2v) is 8.82. The molecule has 3 fully saturated rings. The second kappa shape index (κ2) is 6.92. The Morgan fingerprint density at radius 3 is 3.00 bits per heavy atom. The van der Waals surface area contributed by atoms with Crippen molar-refractivity contribution in [2.75, 3.05) is 19.6 Å². The summed E-state index contributed by atoms with van der Waals surface area (Å²) in [5.41, 5.74) is 2.03. The zero-order chi connectivity index (χ0) is 20.2. The van der Waals surface area contributed by atoms with Crippen LogP contribution in [0.1, 0.15) is 40.2 Å². The summed E-state index contributed by atoms with van der Waals surface area (Å²) >= 11 is 0. The number of aryl methyl sites for hydroxylation is 2. The summed E-state index contributed by atoms with van der Waals surface area (Å²) in [5.74, 6) is 0.976. The Hall–Kier alpha value is -2.25. The lowest BCUT2D eigenvalue weighted by atomic mass is 9.73. The van der Waals surface area contributed by atoms with Crippen molar-refractivity contribution in [1.29, 1.82) is 0 Å². The van der Waals surface area contributed by atoms with Crippen LogP contribution in [0.3, 0.4) is 0 Å². The van der Waals surface area contributed by atoms with Gasteiger partial charge < -0.3 is 14.6 Å². The van der Waals surface area contributed by atoms with Gasteiger partial charge in [-0.3, -0.25) is 9.69 Å². The largest absolute Gasteiger partial charge is 0.370 e. The van der Waals surface area contributed by atoms with E-state index >= 15 is 0 Å². The molecule has 3 aliphatic rings. The van der Waals surface area contributed by atoms with Crippen molar-refractivity contribution in [3.63, 3.8) is 0 Å². The predicted molar refractivity (Wildman–Crippen MR) is 104 cm³/mol. The van der Waals surface area contributed by atoms with E-state index in [0.29, 0.717) is 35.4 Å². The molecular formula is C22H26FN3O3. The van der Waals surface area contributed by atoms with Crippen LogP contribution >= 0.6 is 0 Å². The Kier molecular flexibility index (Phi) is 4.47. The van der Waals surface area contributed by atoms with Crippen LogP contribution in [0, 0.1) is 31.5 Å². The van der Waals surface area contributed by atoms with E-state index in [2.05, 4.69) is 15.4 Å². The maximum Gasteiger partial charge on any atom is 0.273 e. The minimum Gasteiger partial charge on any atom is -0.370 e. The molecule has 0 aliphatic carbocycles. The van der Waals surface area contributed by atoms with Crippen LogP contribution in [-0.2, 0) is 11.3 Å². The van der Waals surface area contributed by atoms with Gasteiger partial charge in [-0.25, -0.2) is 4.39 Å². The fraction of sp³-hybridized carbons (Fsp3) is 0.545. The van der Waals surface area contributed by atoms with Gasteiger partial charge in [0.1, 0.15) is 11.6 Å². The molecule has 1 spiro atoms. The topological polar surface area (TPSA) is 67.6 Å². The third-order valence-corrected chi connectivity index (χ3v) is 6.84. The Morgan fingerprint density at radius 1 is 1.38 bits per heavy atom. The van der Waals surface area contributed by atoms with Gasteiger partial charge in [0, 0.05) is 44.1 Å². The Morgan fingerprint density at radius 2 is 2.24 bits per heavy atom. The lowest BCUT2D eigenvalue weighted by molar-refractivity contribution is 0.00212. The SMILES string of the molecule is Cc1cc(C(=O)NC[C@H]2[C@H]3CN(Cc4ccc(F)c(C)c4)C[C@]34CC[C@H]2O4)no1. The van der Waals surface area contributed by atoms with E-state index < -0.39 is 0 Å². The molecule has 154 valence electrons. The van der Waals surface area contributed by atoms with Gasteiger partial charge in [-0.1, -0.05) is 17.3 Å². The van der Waals surface area contributed by atoms with Crippen molar-refractivity contribution < 1.29 is 18.4 Å². The van der Waals surface area contributed by atoms with Crippen LogP contribution in [0.4, 0.5) is 4.39 Å². The number of carbonyl (C=O) groups is 1. The van der Waals surface area contributed by atoms with Crippen LogP contribution in [0.2, 0.25) is 0 Å². The molecule has 6 nitrogen and oxygen atoms in total. The van der Waals surface area contributed by atoms with E-state index in [1.54, 1.807) is 26.0 Å². The zero-order valence-corrected chi connectivity index (χ0v) is 16.8. The minimum absolute atomic E-state index is 0.0976. The molecule has 1 N–H and O–H groups in total. The summed E-state index contributed by atoms with van der Waals surface area (Å²) in [4.78, 5) is 14.8. The molecule has 2 aromatic rings. The number of nitrogens with one attached hydrogen (secondary N) is 1. The second-order valence-electron chi connectivity index (χ2n) is 8.82. The molecule has 1 aromatic heterocycles. The number of fused-ring (bicyclic) bond motifs is 1. The highest BCUT2D eigenvalue weighted by atomic mass is 19.1. The number of amides is 1. The van der Waals surface area contributed by atoms with E-state index in [9.17, 15) is 9.18 Å². The third-order valence-electron chi connectivity index (χ3n) is 6.84. The summed E-state index contributed by atoms with van der Waals surface area (Å²) in [6, 6.07) is 6.99. The van der Waals surface area contributed by atoms with Crippen molar-refractivity contribution in [2.45, 2.75) is 44.9 Å². The summed E-state index contributed by atoms with van der Waals surface area (Å²) in [5, 5.41) is 6.82. The summed E-state index contributed by atoms with van der Waals surface area (Å²) in [6.07, 6.45) is 2.34. The number of benzene rings is 1. The normalized spacial score (nSPS) is 30.7. The number of hydrogen-bond acceptors (Lipinski definition) is 5. The summed E-state index contributed by atoms with van der Waals surface area (Å²) in [7, 11) is 0. The van der Waals surface area contributed by atoms with Crippen molar-refractivity contribution in [2.24, 2.45) is 11.8 Å². The number of nitrogens with zero attached hydrogens (tertiary/aromatic N) is 2. The molecule has 7 heteroatoms. The molecule has 0 saturated carbocycles. The van der Waals surface area contributed by atoms with Crippen LogP contribution in [0.25, 0.3) is 0 Å². The van der Waals surface area contributed by atoms with Gasteiger partial charge in [-0.05, 0) is 43.9 Å². The smallest absolute Gasteiger partial charge is 0.273 e. The molecule has 29 heavy (non-hydrogen) atoms. The van der Waals surface area contributed by atoms with E-state index in [1.807, 2.05) is 12.1 Å². The van der Waals surface area contributed by atoms with E-state index in [1.165, 1.54) is 0 Å². The lowest BCUT2D eigenvalue weighted by Gasteiger charge is -2.29. The van der Waals surface area contributed by atoms with Crippen LogP contribution < -0.4 is 5.32 Å². The number of aromatic nitrogens is 1. The number of carbonyl (C=O) groups excluding carboxylic acids is 1. The first kappa shape index (κ1) is 18.8. The molecule has 1 amide bonds. The third kappa shape index (κ3) is 3.26. The number of ether oxygens (including phenoxy) is 1. The van der Waals surface area contributed by atoms with E-state index in [4.69, 9.17) is 9.26 Å². The van der Waals surface area contributed by atoms with Crippen LogP contribution in [0.5, 0.6) is 0 Å². The molecule has 0 unspecified atom stereocenters. The molecule has 4 heterocycles. The molecule has 3 aliphatic heterocycles. The standard InChI is InChI=1S/C22H26FN3O3/c1-13-7-15(3-4-18(13)23)10-26-11-17-16(20-5-6-22(17,12-26)28-20)9-24-21(27)19-8-14(2)29-25-19/h3-4,7-8,16-17,20H,5-6,9-12H2,1-2H3,(H,24,27)/t16-,17+,20+,22+/m0/s1. The van der Waals surface area contributed by atoms with Gasteiger partial charge in [0.05, 0.1) is 11.7 Å². The van der Waals surface area contributed by atoms with Crippen molar-refractivity contribution in [1.82, 2.24) is 15.4 Å². The number of halogens is 1. The molecule has 0 radical (unpaired) electrons. The number of rotatable bonds is 5. The quantitative estimate of drug-likeness (QED) is 0.838. The van der Waals surface area contributed by atoms with E-state index in [0.717, 1.165) is 38.0 Å². The first-order valence-corrected chi connectivity index (χ1v) is 10.3. The monoisotopic (exact) mass is 399 g/mol. The highest BCUT2D eigenvalue weighted by molar-refractivity contribution is 5.92. The maximum absolute atomic E-state index is 13.6. The van der Waals surface area contributed by atoms with Gasteiger partial charge in [0.15, 0.2) is 5.69 Å². The first-order chi connectivity index (χ1) is 13.9. The lowest BCUT2D eigenvalue weighted by Crippen LogP contribution is -2.42. The minimum atomic E-state index is -0.199. The van der Waals surface area contributed by atoms with Gasteiger partial charge in [-0.15, -0.1) is 0 Å². The molecule has 5 rings (SSSR count). The highest BCUT2D eigenvalue weighted by Crippen LogP contribution is 2.54. The summed E-state index contributed by atoms with van der Waals surface area (Å²) < 4.78 is 25.0. The molecule has 1 aromatic carbocycles. The van der Waals surface area contributed by atoms with Gasteiger partial charge in [0.25, 0.3) is 5.91 Å². The molecule has 3 saturated heterocycles. The Balaban J connectivity index is 1.25. The van der Waals surface area contributed by atoms with Gasteiger partial charge >= 0.3 is 0 Å². The van der Waals surface area contributed by atoms with E-state index in [-0.39, 0.29) is 23.4 Å². The average Bonchev–Trinajstić information content (AvgIpc) is 3.43. The highest BCUT2D eigenvalue weighted by Gasteiger charge is 2.62. The van der Waals surface area contributed by atoms with Crippen LogP contribution in [0.15, 0.2) is 28.8 Å². The fourth-order valence-corrected chi connectivity index (χ4v) is 5.52. The zero-order valence-electron chi connectivity index (χ0n) is 16.8. The maximum atomic E-state index is 13.6.